The van der Waals surface area contributed by atoms with Gasteiger partial charge in [0.15, 0.2) is 0 Å². The smallest absolute Gasteiger partial charge is 0.226 e. The molecule has 3 aliphatic carbocycles. The molecule has 4 rings (SSSR count). The number of fused-ring (bicyclic) bond motifs is 5. The highest BCUT2D eigenvalue weighted by Crippen LogP contribution is 2.69. The highest BCUT2D eigenvalue weighted by Gasteiger charge is 2.68. The molecule has 0 radical (unpaired) electrons. The minimum atomic E-state index is 0.320. The van der Waals surface area contributed by atoms with Gasteiger partial charge in [0.25, 0.3) is 0 Å². The van der Waals surface area contributed by atoms with Crippen LogP contribution in [0.3, 0.4) is 0 Å². The van der Waals surface area contributed by atoms with Gasteiger partial charge in [0, 0.05) is 25.0 Å². The number of hydrogen-bond acceptors (Lipinski definition) is 2. The van der Waals surface area contributed by atoms with Crippen LogP contribution < -0.4 is 5.73 Å². The van der Waals surface area contributed by atoms with Gasteiger partial charge in [0.2, 0.25) is 5.91 Å². The number of rotatable bonds is 3. The molecule has 4 aliphatic rings. The summed E-state index contributed by atoms with van der Waals surface area (Å²) in [6.07, 6.45) is 7.78. The molecule has 0 aromatic rings. The molecule has 2 bridgehead atoms. The van der Waals surface area contributed by atoms with E-state index in [4.69, 9.17) is 5.73 Å². The van der Waals surface area contributed by atoms with Crippen molar-refractivity contribution in [1.29, 1.82) is 0 Å². The Morgan fingerprint density at radius 2 is 1.85 bits per heavy atom. The number of nitrogens with zero attached hydrogens (tertiary/aromatic N) is 1. The van der Waals surface area contributed by atoms with Crippen molar-refractivity contribution in [2.45, 2.75) is 51.5 Å². The van der Waals surface area contributed by atoms with Crippen LogP contribution in [0.1, 0.15) is 45.4 Å². The fourth-order valence-corrected chi connectivity index (χ4v) is 5.87. The molecule has 6 atom stereocenters. The molecule has 0 spiro atoms. The van der Waals surface area contributed by atoms with Gasteiger partial charge in [-0.15, -0.1) is 0 Å². The van der Waals surface area contributed by atoms with Crippen molar-refractivity contribution >= 4 is 5.91 Å². The van der Waals surface area contributed by atoms with Crippen LogP contribution >= 0.6 is 0 Å². The second kappa shape index (κ2) is 4.72. The minimum Gasteiger partial charge on any atom is -0.338 e. The third-order valence-corrected chi connectivity index (χ3v) is 6.98. The van der Waals surface area contributed by atoms with Gasteiger partial charge < -0.3 is 10.6 Å². The number of piperidine rings is 1. The first kappa shape index (κ1) is 13.1. The molecule has 2 N–H and O–H groups in total. The van der Waals surface area contributed by atoms with E-state index in [-0.39, 0.29) is 0 Å². The highest BCUT2D eigenvalue weighted by molar-refractivity contribution is 5.83. The Bertz CT molecular complexity index is 394. The fraction of sp³-hybridized carbons (Fsp3) is 0.941. The number of nitrogens with two attached hydrogens (primary N) is 1. The summed E-state index contributed by atoms with van der Waals surface area (Å²) in [5.74, 6) is 4.97. The van der Waals surface area contributed by atoms with Crippen molar-refractivity contribution < 1.29 is 4.79 Å². The van der Waals surface area contributed by atoms with Gasteiger partial charge in [0.05, 0.1) is 0 Å². The van der Waals surface area contributed by atoms with Crippen molar-refractivity contribution in [2.24, 2.45) is 41.2 Å². The molecule has 0 aromatic heterocycles. The van der Waals surface area contributed by atoms with E-state index >= 15 is 0 Å². The van der Waals surface area contributed by atoms with E-state index in [0.29, 0.717) is 24.4 Å². The number of likely N-dealkylation sites (tertiary alicyclic amines) is 1. The van der Waals surface area contributed by atoms with Crippen molar-refractivity contribution in [3.05, 3.63) is 0 Å². The molecular formula is C17H28N2O. The summed E-state index contributed by atoms with van der Waals surface area (Å²) in [5, 5.41) is 0. The van der Waals surface area contributed by atoms with Crippen molar-refractivity contribution in [2.75, 3.05) is 13.1 Å². The third kappa shape index (κ3) is 1.78. The molecule has 1 saturated heterocycles. The average molecular weight is 276 g/mol. The van der Waals surface area contributed by atoms with E-state index < -0.39 is 0 Å². The van der Waals surface area contributed by atoms with Gasteiger partial charge in [-0.05, 0) is 61.7 Å². The Labute approximate surface area is 122 Å². The van der Waals surface area contributed by atoms with Crippen LogP contribution in [-0.4, -0.2) is 29.9 Å². The van der Waals surface area contributed by atoms with E-state index in [9.17, 15) is 4.79 Å². The normalized spacial score (nSPS) is 49.3. The van der Waals surface area contributed by atoms with Crippen LogP contribution in [0.4, 0.5) is 0 Å². The third-order valence-electron chi connectivity index (χ3n) is 6.98. The number of carbonyl (C=O) groups excluding carboxylic acids is 1. The summed E-state index contributed by atoms with van der Waals surface area (Å²) in [7, 11) is 0. The van der Waals surface area contributed by atoms with Gasteiger partial charge in [-0.3, -0.25) is 4.79 Å². The van der Waals surface area contributed by atoms with Crippen molar-refractivity contribution in [1.82, 2.24) is 4.90 Å². The molecule has 3 nitrogen and oxygen atoms in total. The maximum atomic E-state index is 12.9. The topological polar surface area (TPSA) is 46.3 Å². The minimum absolute atomic E-state index is 0.320. The predicted octanol–water partition coefficient (Wildman–Crippen LogP) is 2.25. The molecule has 3 saturated carbocycles. The predicted molar refractivity (Wildman–Crippen MR) is 78.9 cm³/mol. The maximum Gasteiger partial charge on any atom is 0.226 e. The van der Waals surface area contributed by atoms with Crippen LogP contribution in [-0.2, 0) is 4.79 Å². The second-order valence-corrected chi connectivity index (χ2v) is 7.73. The lowest BCUT2D eigenvalue weighted by molar-refractivity contribution is -0.138. The molecule has 6 unspecified atom stereocenters. The number of hydrogen-bond donors (Lipinski definition) is 1. The summed E-state index contributed by atoms with van der Waals surface area (Å²) < 4.78 is 0. The maximum absolute atomic E-state index is 12.9. The van der Waals surface area contributed by atoms with Gasteiger partial charge >= 0.3 is 0 Å². The quantitative estimate of drug-likeness (QED) is 0.859. The van der Waals surface area contributed by atoms with Gasteiger partial charge in [-0.25, -0.2) is 0 Å². The zero-order chi connectivity index (χ0) is 13.9. The van der Waals surface area contributed by atoms with Crippen LogP contribution in [0.5, 0.6) is 0 Å². The van der Waals surface area contributed by atoms with Gasteiger partial charge in [-0.2, -0.15) is 0 Å². The first-order valence-electron chi connectivity index (χ1n) is 8.75. The lowest BCUT2D eigenvalue weighted by Gasteiger charge is -2.39. The first-order valence-corrected chi connectivity index (χ1v) is 8.75. The molecule has 1 aliphatic heterocycles. The zero-order valence-corrected chi connectivity index (χ0v) is 12.6. The molecule has 20 heavy (non-hydrogen) atoms. The number of carbonyl (C=O) groups is 1. The van der Waals surface area contributed by atoms with Crippen LogP contribution in [0.15, 0.2) is 0 Å². The Balaban J connectivity index is 1.44. The van der Waals surface area contributed by atoms with Crippen LogP contribution in [0, 0.1) is 35.5 Å². The standard InChI is InChI=1S/C17H28N2O/c1-2-10-5-6-19(13(7-10)9-18)17(20)16-14-11-3-4-12(8-11)15(14)16/h10-16H,2-9,18H2,1H3. The molecule has 4 fully saturated rings. The van der Waals surface area contributed by atoms with E-state index in [2.05, 4.69) is 11.8 Å². The van der Waals surface area contributed by atoms with E-state index in [1.807, 2.05) is 0 Å². The summed E-state index contributed by atoms with van der Waals surface area (Å²) in [4.78, 5) is 15.1. The lowest BCUT2D eigenvalue weighted by atomic mass is 9.88. The summed E-state index contributed by atoms with van der Waals surface area (Å²) in [6.45, 7) is 3.88. The van der Waals surface area contributed by atoms with Crippen LogP contribution in [0.25, 0.3) is 0 Å². The molecule has 3 heteroatoms. The zero-order valence-electron chi connectivity index (χ0n) is 12.6. The lowest BCUT2D eigenvalue weighted by Crippen LogP contribution is -2.50. The fourth-order valence-electron chi connectivity index (χ4n) is 5.87. The second-order valence-electron chi connectivity index (χ2n) is 7.73. The van der Waals surface area contributed by atoms with Crippen molar-refractivity contribution in [3.63, 3.8) is 0 Å². The number of amides is 1. The summed E-state index contributed by atoms with van der Waals surface area (Å²) in [6, 6.07) is 0.320. The molecule has 1 amide bonds. The Hall–Kier alpha value is -0.570. The largest absolute Gasteiger partial charge is 0.338 e. The van der Waals surface area contributed by atoms with Gasteiger partial charge in [0.1, 0.15) is 0 Å². The molecule has 0 aromatic carbocycles. The van der Waals surface area contributed by atoms with E-state index in [1.165, 1.54) is 32.1 Å². The van der Waals surface area contributed by atoms with E-state index in [0.717, 1.165) is 42.6 Å². The SMILES string of the molecule is CCC1CCN(C(=O)C2C3C4CCC(C4)C23)C(CN)C1. The monoisotopic (exact) mass is 276 g/mol. The Kier molecular flexibility index (Phi) is 3.10. The summed E-state index contributed by atoms with van der Waals surface area (Å²) >= 11 is 0. The van der Waals surface area contributed by atoms with Crippen molar-refractivity contribution in [3.8, 4) is 0 Å². The Morgan fingerprint density at radius 1 is 1.15 bits per heavy atom. The summed E-state index contributed by atoms with van der Waals surface area (Å²) in [5.41, 5.74) is 5.96. The Morgan fingerprint density at radius 3 is 2.45 bits per heavy atom. The van der Waals surface area contributed by atoms with Crippen LogP contribution in [0.2, 0.25) is 0 Å². The highest BCUT2D eigenvalue weighted by atomic mass is 16.2. The first-order chi connectivity index (χ1) is 9.74. The molecule has 112 valence electrons. The van der Waals surface area contributed by atoms with E-state index in [1.54, 1.807) is 0 Å². The van der Waals surface area contributed by atoms with Gasteiger partial charge in [-0.1, -0.05) is 13.3 Å². The average Bonchev–Trinajstić information content (AvgIpc) is 2.93. The molecular weight excluding hydrogens is 248 g/mol. The molecule has 1 heterocycles.